The van der Waals surface area contributed by atoms with Gasteiger partial charge in [0.05, 0.1) is 17.9 Å². The van der Waals surface area contributed by atoms with Crippen LogP contribution in [-0.4, -0.2) is 25.8 Å². The third-order valence-corrected chi connectivity index (χ3v) is 6.30. The molecule has 6 nitrogen and oxygen atoms in total. The summed E-state index contributed by atoms with van der Waals surface area (Å²) in [5.74, 6) is 6.95. The zero-order valence-electron chi connectivity index (χ0n) is 23.8. The summed E-state index contributed by atoms with van der Waals surface area (Å²) in [5, 5.41) is 9.91. The molecule has 1 atom stereocenters. The number of allylic oxidation sites excluding steroid dienone is 4. The summed E-state index contributed by atoms with van der Waals surface area (Å²) >= 11 is 0. The standard InChI is InChI=1S/C33H41N3O3/c1-6-9-13-28(30(8-3)35-24(4)11-7-2)29(33(37)36-27-18-15-26(16-19-27)22-38-5)14-10-12-25-17-20-32-31(21-25)34-23-39-32/h9,13-21,24,34-35H,6-8,11,22-23H2,1-5H3,(H,36,37)/b13-9+,29-14-,30-28-. The predicted octanol–water partition coefficient (Wildman–Crippen LogP) is 6.92. The Kier molecular flexibility index (Phi) is 11.7. The van der Waals surface area contributed by atoms with Crippen molar-refractivity contribution in [1.29, 1.82) is 0 Å². The highest BCUT2D eigenvalue weighted by Crippen LogP contribution is 2.29. The lowest BCUT2D eigenvalue weighted by atomic mass is 9.98. The maximum absolute atomic E-state index is 13.8. The number of hydrogen-bond acceptors (Lipinski definition) is 5. The van der Waals surface area contributed by atoms with E-state index in [0.29, 0.717) is 30.6 Å². The van der Waals surface area contributed by atoms with E-state index >= 15 is 0 Å². The molecule has 39 heavy (non-hydrogen) atoms. The van der Waals surface area contributed by atoms with Gasteiger partial charge < -0.3 is 25.4 Å². The third kappa shape index (κ3) is 8.80. The Morgan fingerprint density at radius 2 is 1.97 bits per heavy atom. The Bertz CT molecular complexity index is 1260. The van der Waals surface area contributed by atoms with Crippen LogP contribution in [0.4, 0.5) is 11.4 Å². The molecule has 0 radical (unpaired) electrons. The first-order valence-corrected chi connectivity index (χ1v) is 13.8. The second kappa shape index (κ2) is 15.5. The molecule has 0 aromatic heterocycles. The molecule has 0 fully saturated rings. The van der Waals surface area contributed by atoms with Crippen molar-refractivity contribution >= 4 is 17.3 Å². The van der Waals surface area contributed by atoms with Gasteiger partial charge in [-0.1, -0.05) is 63.3 Å². The molecule has 3 N–H and O–H groups in total. The number of amides is 1. The van der Waals surface area contributed by atoms with Crippen LogP contribution in [0.25, 0.3) is 0 Å². The van der Waals surface area contributed by atoms with Crippen LogP contribution in [0.3, 0.4) is 0 Å². The van der Waals surface area contributed by atoms with Gasteiger partial charge in [-0.2, -0.15) is 0 Å². The summed E-state index contributed by atoms with van der Waals surface area (Å²) in [4.78, 5) is 13.8. The minimum atomic E-state index is -0.209. The zero-order chi connectivity index (χ0) is 28.0. The molecular formula is C33H41N3O3. The normalized spacial score (nSPS) is 13.9. The van der Waals surface area contributed by atoms with E-state index in [9.17, 15) is 4.79 Å². The predicted molar refractivity (Wildman–Crippen MR) is 161 cm³/mol. The van der Waals surface area contributed by atoms with E-state index in [1.54, 1.807) is 13.2 Å². The van der Waals surface area contributed by atoms with E-state index in [4.69, 9.17) is 9.47 Å². The van der Waals surface area contributed by atoms with Crippen LogP contribution < -0.4 is 20.7 Å². The van der Waals surface area contributed by atoms with E-state index in [-0.39, 0.29) is 5.91 Å². The van der Waals surface area contributed by atoms with Gasteiger partial charge in [0.1, 0.15) is 5.75 Å². The number of nitrogens with one attached hydrogen (secondary N) is 3. The van der Waals surface area contributed by atoms with Crippen molar-refractivity contribution in [2.45, 2.75) is 66.0 Å². The van der Waals surface area contributed by atoms with Gasteiger partial charge in [-0.25, -0.2) is 0 Å². The summed E-state index contributed by atoms with van der Waals surface area (Å²) in [6.07, 6.45) is 9.59. The Hall–Kier alpha value is -3.95. The van der Waals surface area contributed by atoms with Crippen molar-refractivity contribution in [3.8, 4) is 17.6 Å². The van der Waals surface area contributed by atoms with Gasteiger partial charge in [0.25, 0.3) is 5.91 Å². The van der Waals surface area contributed by atoms with E-state index in [0.717, 1.165) is 59.5 Å². The first-order chi connectivity index (χ1) is 19.0. The number of ether oxygens (including phenoxy) is 2. The number of methoxy groups -OCH3 is 1. The molecule has 2 aromatic rings. The van der Waals surface area contributed by atoms with E-state index < -0.39 is 0 Å². The van der Waals surface area contributed by atoms with Gasteiger partial charge in [-0.3, -0.25) is 4.79 Å². The number of rotatable bonds is 12. The molecule has 0 saturated carbocycles. The summed E-state index contributed by atoms with van der Waals surface area (Å²) in [6, 6.07) is 13.8. The number of carbonyl (C=O) groups is 1. The van der Waals surface area contributed by atoms with Crippen LogP contribution in [-0.2, 0) is 16.1 Å². The highest BCUT2D eigenvalue weighted by atomic mass is 16.5. The first kappa shape index (κ1) is 29.6. The second-order valence-corrected chi connectivity index (χ2v) is 9.48. The summed E-state index contributed by atoms with van der Waals surface area (Å²) in [5.41, 5.74) is 5.93. The molecule has 0 bridgehead atoms. The lowest BCUT2D eigenvalue weighted by Crippen LogP contribution is -2.27. The molecule has 1 aliphatic rings. The first-order valence-electron chi connectivity index (χ1n) is 13.8. The SMILES string of the molecule is CC/C=C/C(C(=C/C#Cc1ccc2c(c1)NCO2)/C(=O)Nc1ccc(COC)cc1)=C(\CC)NC(C)CCC. The highest BCUT2D eigenvalue weighted by molar-refractivity contribution is 6.08. The number of hydrogen-bond donors (Lipinski definition) is 3. The van der Waals surface area contributed by atoms with Crippen LogP contribution in [0.2, 0.25) is 0 Å². The maximum atomic E-state index is 13.8. The zero-order valence-corrected chi connectivity index (χ0v) is 23.8. The van der Waals surface area contributed by atoms with Crippen LogP contribution >= 0.6 is 0 Å². The fraction of sp³-hybridized carbons (Fsp3) is 0.364. The van der Waals surface area contributed by atoms with Crippen molar-refractivity contribution in [2.24, 2.45) is 0 Å². The number of anilines is 2. The monoisotopic (exact) mass is 527 g/mol. The number of benzene rings is 2. The molecule has 206 valence electrons. The Labute approximate surface area is 233 Å². The Morgan fingerprint density at radius 1 is 1.18 bits per heavy atom. The molecular weight excluding hydrogens is 486 g/mol. The van der Waals surface area contributed by atoms with Crippen LogP contribution in [0.5, 0.6) is 5.75 Å². The van der Waals surface area contributed by atoms with Gasteiger partial charge in [-0.05, 0) is 62.1 Å². The van der Waals surface area contributed by atoms with Gasteiger partial charge in [0.2, 0.25) is 0 Å². The van der Waals surface area contributed by atoms with Crippen molar-refractivity contribution in [3.63, 3.8) is 0 Å². The fourth-order valence-electron chi connectivity index (χ4n) is 4.33. The molecule has 2 aromatic carbocycles. The van der Waals surface area contributed by atoms with E-state index in [2.05, 4.69) is 61.6 Å². The molecule has 0 saturated heterocycles. The molecule has 1 heterocycles. The molecule has 1 unspecified atom stereocenters. The number of carbonyl (C=O) groups excluding carboxylic acids is 1. The average molecular weight is 528 g/mol. The van der Waals surface area contributed by atoms with E-state index in [1.165, 1.54) is 0 Å². The van der Waals surface area contributed by atoms with Crippen LogP contribution in [0.15, 0.2) is 77.5 Å². The minimum absolute atomic E-state index is 0.209. The molecule has 0 aliphatic carbocycles. The summed E-state index contributed by atoms with van der Waals surface area (Å²) < 4.78 is 10.7. The highest BCUT2D eigenvalue weighted by Gasteiger charge is 2.18. The second-order valence-electron chi connectivity index (χ2n) is 9.48. The molecule has 1 aliphatic heterocycles. The van der Waals surface area contributed by atoms with Gasteiger partial charge in [0.15, 0.2) is 6.73 Å². The van der Waals surface area contributed by atoms with Crippen molar-refractivity contribution < 1.29 is 14.3 Å². The molecule has 1 amide bonds. The number of fused-ring (bicyclic) bond motifs is 1. The van der Waals surface area contributed by atoms with Crippen LogP contribution in [0.1, 0.15) is 64.5 Å². The van der Waals surface area contributed by atoms with Crippen molar-refractivity contribution in [2.75, 3.05) is 24.5 Å². The van der Waals surface area contributed by atoms with Gasteiger partial charge in [0, 0.05) is 41.7 Å². The molecule has 0 spiro atoms. The average Bonchev–Trinajstić information content (AvgIpc) is 3.40. The molecule has 6 heteroatoms. The lowest BCUT2D eigenvalue weighted by Gasteiger charge is -2.21. The van der Waals surface area contributed by atoms with E-state index in [1.807, 2.05) is 48.5 Å². The van der Waals surface area contributed by atoms with Crippen LogP contribution in [0, 0.1) is 11.8 Å². The van der Waals surface area contributed by atoms with Crippen molar-refractivity contribution in [3.05, 3.63) is 88.7 Å². The minimum Gasteiger partial charge on any atom is -0.471 e. The van der Waals surface area contributed by atoms with Gasteiger partial charge in [-0.15, -0.1) is 0 Å². The maximum Gasteiger partial charge on any atom is 0.256 e. The quantitative estimate of drug-likeness (QED) is 0.159. The lowest BCUT2D eigenvalue weighted by molar-refractivity contribution is -0.112. The summed E-state index contributed by atoms with van der Waals surface area (Å²) in [7, 11) is 1.67. The topological polar surface area (TPSA) is 71.6 Å². The Morgan fingerprint density at radius 3 is 2.67 bits per heavy atom. The Balaban J connectivity index is 2.02. The largest absolute Gasteiger partial charge is 0.471 e. The fourth-order valence-corrected chi connectivity index (χ4v) is 4.33. The summed E-state index contributed by atoms with van der Waals surface area (Å²) in [6.45, 7) is 9.54. The molecule has 3 rings (SSSR count). The smallest absolute Gasteiger partial charge is 0.256 e. The van der Waals surface area contributed by atoms with Crippen molar-refractivity contribution in [1.82, 2.24) is 5.32 Å². The third-order valence-electron chi connectivity index (χ3n) is 6.30. The van der Waals surface area contributed by atoms with Gasteiger partial charge >= 0.3 is 0 Å².